The van der Waals surface area contributed by atoms with E-state index in [-0.39, 0.29) is 10.6 Å². The molecule has 21 heavy (non-hydrogen) atoms. The van der Waals surface area contributed by atoms with E-state index in [9.17, 15) is 12.8 Å². The van der Waals surface area contributed by atoms with Gasteiger partial charge in [0.05, 0.1) is 10.6 Å². The fourth-order valence-corrected chi connectivity index (χ4v) is 3.08. The van der Waals surface area contributed by atoms with Crippen LogP contribution >= 0.6 is 0 Å². The van der Waals surface area contributed by atoms with E-state index in [0.29, 0.717) is 12.1 Å². The van der Waals surface area contributed by atoms with Crippen molar-refractivity contribution in [2.45, 2.75) is 18.4 Å². The summed E-state index contributed by atoms with van der Waals surface area (Å²) in [5, 5.41) is 2.98. The van der Waals surface area contributed by atoms with Gasteiger partial charge in [0.25, 0.3) is 10.0 Å². The van der Waals surface area contributed by atoms with Crippen molar-refractivity contribution in [2.75, 3.05) is 11.8 Å². The number of hydrogen-bond donors (Lipinski definition) is 2. The lowest BCUT2D eigenvalue weighted by Gasteiger charge is -2.11. The molecule has 0 aliphatic heterocycles. The number of hydrogen-bond acceptors (Lipinski definition) is 3. The average molecular weight is 308 g/mol. The number of halogens is 1. The van der Waals surface area contributed by atoms with Crippen molar-refractivity contribution in [3.05, 3.63) is 59.4 Å². The van der Waals surface area contributed by atoms with Gasteiger partial charge in [0.15, 0.2) is 0 Å². The van der Waals surface area contributed by atoms with Crippen LogP contribution in [0.1, 0.15) is 11.1 Å². The monoisotopic (exact) mass is 308 g/mol. The minimum absolute atomic E-state index is 0.0169. The number of anilines is 1. The number of sulfonamides is 1. The maximum absolute atomic E-state index is 13.7. The van der Waals surface area contributed by atoms with E-state index in [1.54, 1.807) is 25.1 Å². The lowest BCUT2D eigenvalue weighted by atomic mass is 10.2. The standard InChI is InChI=1S/C15H17FN2O2S/c1-11-4-3-5-14(16)15(11)18-21(19,20)13-8-6-12(7-9-13)10-17-2/h3-9,17-18H,10H2,1-2H3. The van der Waals surface area contributed by atoms with Crippen LogP contribution in [-0.4, -0.2) is 15.5 Å². The highest BCUT2D eigenvalue weighted by molar-refractivity contribution is 7.92. The summed E-state index contributed by atoms with van der Waals surface area (Å²) < 4.78 is 40.6. The summed E-state index contributed by atoms with van der Waals surface area (Å²) in [6, 6.07) is 10.9. The zero-order valence-corrected chi connectivity index (χ0v) is 12.7. The SMILES string of the molecule is CNCc1ccc(S(=O)(=O)Nc2c(C)cccc2F)cc1. The van der Waals surface area contributed by atoms with Crippen LogP contribution in [0.4, 0.5) is 10.1 Å². The van der Waals surface area contributed by atoms with Crippen LogP contribution in [0.25, 0.3) is 0 Å². The van der Waals surface area contributed by atoms with Gasteiger partial charge in [-0.3, -0.25) is 4.72 Å². The number of para-hydroxylation sites is 1. The van der Waals surface area contributed by atoms with Crippen LogP contribution in [0, 0.1) is 12.7 Å². The Bertz CT molecular complexity index is 708. The van der Waals surface area contributed by atoms with Gasteiger partial charge in [-0.25, -0.2) is 12.8 Å². The molecule has 0 bridgehead atoms. The van der Waals surface area contributed by atoms with E-state index in [2.05, 4.69) is 10.0 Å². The van der Waals surface area contributed by atoms with Crippen molar-refractivity contribution in [2.24, 2.45) is 0 Å². The van der Waals surface area contributed by atoms with Crippen molar-refractivity contribution >= 4 is 15.7 Å². The summed E-state index contributed by atoms with van der Waals surface area (Å²) in [4.78, 5) is 0.102. The molecule has 0 aliphatic carbocycles. The van der Waals surface area contributed by atoms with Crippen LogP contribution in [0.2, 0.25) is 0 Å². The first-order valence-corrected chi connectivity index (χ1v) is 7.94. The third kappa shape index (κ3) is 3.59. The van der Waals surface area contributed by atoms with Gasteiger partial charge in [-0.1, -0.05) is 24.3 Å². The highest BCUT2D eigenvalue weighted by atomic mass is 32.2. The molecule has 0 fully saturated rings. The van der Waals surface area contributed by atoms with E-state index < -0.39 is 15.8 Å². The summed E-state index contributed by atoms with van der Waals surface area (Å²) in [7, 11) is -1.99. The molecule has 0 aromatic heterocycles. The third-order valence-corrected chi connectivity index (χ3v) is 4.44. The second-order valence-corrected chi connectivity index (χ2v) is 6.39. The normalized spacial score (nSPS) is 11.4. The van der Waals surface area contributed by atoms with E-state index in [1.807, 2.05) is 7.05 Å². The number of benzene rings is 2. The van der Waals surface area contributed by atoms with Gasteiger partial charge < -0.3 is 5.32 Å². The molecule has 0 spiro atoms. The lowest BCUT2D eigenvalue weighted by Crippen LogP contribution is -2.15. The predicted molar refractivity (Wildman–Crippen MR) is 81.2 cm³/mol. The largest absolute Gasteiger partial charge is 0.316 e. The molecule has 0 saturated carbocycles. The van der Waals surface area contributed by atoms with E-state index in [1.165, 1.54) is 24.3 Å². The summed E-state index contributed by atoms with van der Waals surface area (Å²) >= 11 is 0. The molecule has 112 valence electrons. The molecule has 2 rings (SSSR count). The Morgan fingerprint density at radius 3 is 2.33 bits per heavy atom. The quantitative estimate of drug-likeness (QED) is 0.893. The zero-order chi connectivity index (χ0) is 15.5. The molecule has 0 saturated heterocycles. The van der Waals surface area contributed by atoms with Crippen molar-refractivity contribution in [1.82, 2.24) is 5.32 Å². The topological polar surface area (TPSA) is 58.2 Å². The number of nitrogens with one attached hydrogen (secondary N) is 2. The highest BCUT2D eigenvalue weighted by Crippen LogP contribution is 2.23. The lowest BCUT2D eigenvalue weighted by molar-refractivity contribution is 0.598. The Morgan fingerprint density at radius 2 is 1.76 bits per heavy atom. The maximum Gasteiger partial charge on any atom is 0.261 e. The van der Waals surface area contributed by atoms with Crippen molar-refractivity contribution in [3.63, 3.8) is 0 Å². The molecule has 2 aromatic carbocycles. The molecule has 0 heterocycles. The van der Waals surface area contributed by atoms with Crippen molar-refractivity contribution in [1.29, 1.82) is 0 Å². The van der Waals surface area contributed by atoms with Gasteiger partial charge in [0, 0.05) is 6.54 Å². The van der Waals surface area contributed by atoms with Gasteiger partial charge in [0.1, 0.15) is 5.82 Å². The van der Waals surface area contributed by atoms with Crippen LogP contribution < -0.4 is 10.0 Å². The molecule has 0 amide bonds. The van der Waals surface area contributed by atoms with E-state index in [4.69, 9.17) is 0 Å². The number of rotatable bonds is 5. The fraction of sp³-hybridized carbons (Fsp3) is 0.200. The van der Waals surface area contributed by atoms with Gasteiger partial charge in [-0.15, -0.1) is 0 Å². The predicted octanol–water partition coefficient (Wildman–Crippen LogP) is 2.65. The molecule has 0 radical (unpaired) electrons. The van der Waals surface area contributed by atoms with Crippen LogP contribution in [0.3, 0.4) is 0 Å². The Kier molecular flexibility index (Phi) is 4.59. The molecule has 2 aromatic rings. The first-order chi connectivity index (χ1) is 9.94. The summed E-state index contributed by atoms with van der Waals surface area (Å²) in [5.74, 6) is -0.592. The van der Waals surface area contributed by atoms with E-state index in [0.717, 1.165) is 5.56 Å². The van der Waals surface area contributed by atoms with Crippen molar-refractivity contribution in [3.8, 4) is 0 Å². The Balaban J connectivity index is 2.30. The minimum atomic E-state index is -3.80. The smallest absolute Gasteiger partial charge is 0.261 e. The van der Waals surface area contributed by atoms with E-state index >= 15 is 0 Å². The Morgan fingerprint density at radius 1 is 1.10 bits per heavy atom. The highest BCUT2D eigenvalue weighted by Gasteiger charge is 2.17. The summed E-state index contributed by atoms with van der Waals surface area (Å²) in [5.41, 5.74) is 1.49. The minimum Gasteiger partial charge on any atom is -0.316 e. The second-order valence-electron chi connectivity index (χ2n) is 4.71. The van der Waals surface area contributed by atoms with Crippen molar-refractivity contribution < 1.29 is 12.8 Å². The zero-order valence-electron chi connectivity index (χ0n) is 11.9. The first-order valence-electron chi connectivity index (χ1n) is 6.45. The third-order valence-electron chi connectivity index (χ3n) is 3.07. The molecule has 4 nitrogen and oxygen atoms in total. The molecule has 0 atom stereocenters. The van der Waals surface area contributed by atoms with Crippen LogP contribution in [-0.2, 0) is 16.6 Å². The van der Waals surface area contributed by atoms with Gasteiger partial charge in [0.2, 0.25) is 0 Å². The van der Waals surface area contributed by atoms with Gasteiger partial charge in [-0.05, 0) is 43.3 Å². The number of aryl methyl sites for hydroxylation is 1. The first kappa shape index (κ1) is 15.5. The Hall–Kier alpha value is -1.92. The Labute approximate surface area is 124 Å². The molecule has 0 unspecified atom stereocenters. The molecular weight excluding hydrogens is 291 g/mol. The van der Waals surface area contributed by atoms with Gasteiger partial charge in [-0.2, -0.15) is 0 Å². The maximum atomic E-state index is 13.7. The fourth-order valence-electron chi connectivity index (χ4n) is 1.95. The van der Waals surface area contributed by atoms with Crippen LogP contribution in [0.15, 0.2) is 47.4 Å². The van der Waals surface area contributed by atoms with Gasteiger partial charge >= 0.3 is 0 Å². The molecular formula is C15H17FN2O2S. The second kappa shape index (κ2) is 6.24. The molecule has 0 aliphatic rings. The molecule has 6 heteroatoms. The average Bonchev–Trinajstić information content (AvgIpc) is 2.44. The molecule has 2 N–H and O–H groups in total. The summed E-state index contributed by atoms with van der Waals surface area (Å²) in [6.45, 7) is 2.30. The summed E-state index contributed by atoms with van der Waals surface area (Å²) in [6.07, 6.45) is 0. The van der Waals surface area contributed by atoms with Crippen LogP contribution in [0.5, 0.6) is 0 Å².